The first-order valence-corrected chi connectivity index (χ1v) is 5.83. The third-order valence-electron chi connectivity index (χ3n) is 2.23. The molecule has 4 N–H and O–H groups in total. The van der Waals surface area contributed by atoms with Gasteiger partial charge in [-0.05, 0) is 11.4 Å². The number of pyridine rings is 1. The molecule has 92 valence electrons. The fourth-order valence-corrected chi connectivity index (χ4v) is 2.15. The summed E-state index contributed by atoms with van der Waals surface area (Å²) in [6.07, 6.45) is 2.73. The molecule has 0 spiro atoms. The second kappa shape index (κ2) is 4.84. The standard InChI is InChI=1S/C11H9N3O3S/c12-9(16)6-2-4-18-11(6)14-10(17)7-5-13-3-1-8(7)15/h1-5H,(H2,12,16)(H,13,15)(H,14,17). The number of aromatic nitrogens is 1. The summed E-state index contributed by atoms with van der Waals surface area (Å²) in [7, 11) is 0. The van der Waals surface area contributed by atoms with Gasteiger partial charge in [-0.1, -0.05) is 0 Å². The van der Waals surface area contributed by atoms with Crippen molar-refractivity contribution in [3.63, 3.8) is 0 Å². The topological polar surface area (TPSA) is 105 Å². The van der Waals surface area contributed by atoms with Gasteiger partial charge in [-0.3, -0.25) is 14.4 Å². The first-order chi connectivity index (χ1) is 8.59. The van der Waals surface area contributed by atoms with Crippen molar-refractivity contribution in [3.05, 3.63) is 51.3 Å². The Morgan fingerprint density at radius 3 is 2.72 bits per heavy atom. The van der Waals surface area contributed by atoms with Crippen molar-refractivity contribution in [2.45, 2.75) is 0 Å². The van der Waals surface area contributed by atoms with Gasteiger partial charge in [-0.25, -0.2) is 0 Å². The van der Waals surface area contributed by atoms with E-state index in [1.807, 2.05) is 0 Å². The SMILES string of the molecule is NC(=O)c1ccsc1NC(=O)c1c[nH]ccc1=O. The number of rotatable bonds is 3. The van der Waals surface area contributed by atoms with Gasteiger partial charge < -0.3 is 16.0 Å². The number of nitrogens with one attached hydrogen (secondary N) is 2. The number of hydrogen-bond donors (Lipinski definition) is 3. The fourth-order valence-electron chi connectivity index (χ4n) is 1.36. The van der Waals surface area contributed by atoms with Crippen LogP contribution in [0.4, 0.5) is 5.00 Å². The minimum Gasteiger partial charge on any atom is -0.367 e. The Labute approximate surface area is 105 Å². The van der Waals surface area contributed by atoms with E-state index in [-0.39, 0.29) is 11.1 Å². The minimum absolute atomic E-state index is 0.0266. The molecule has 18 heavy (non-hydrogen) atoms. The van der Waals surface area contributed by atoms with Crippen molar-refractivity contribution in [2.75, 3.05) is 5.32 Å². The number of carbonyl (C=O) groups excluding carboxylic acids is 2. The number of H-pyrrole nitrogens is 1. The molecule has 2 aromatic heterocycles. The number of carbonyl (C=O) groups is 2. The molecule has 2 heterocycles. The highest BCUT2D eigenvalue weighted by atomic mass is 32.1. The summed E-state index contributed by atoms with van der Waals surface area (Å²) in [5.74, 6) is -1.21. The summed E-state index contributed by atoms with van der Waals surface area (Å²) in [5.41, 5.74) is 4.95. The van der Waals surface area contributed by atoms with Crippen LogP contribution in [0.3, 0.4) is 0 Å². The molecule has 0 aliphatic carbocycles. The number of anilines is 1. The molecule has 0 aromatic carbocycles. The summed E-state index contributed by atoms with van der Waals surface area (Å²) in [4.78, 5) is 37.0. The van der Waals surface area contributed by atoms with E-state index in [0.29, 0.717) is 5.00 Å². The number of aromatic amines is 1. The van der Waals surface area contributed by atoms with Crippen LogP contribution in [0.15, 0.2) is 34.7 Å². The van der Waals surface area contributed by atoms with Crippen molar-refractivity contribution in [3.8, 4) is 0 Å². The van der Waals surface area contributed by atoms with Gasteiger partial charge in [-0.2, -0.15) is 0 Å². The molecule has 6 nitrogen and oxygen atoms in total. The summed E-state index contributed by atoms with van der Waals surface area (Å²) in [5, 5.41) is 4.45. The lowest BCUT2D eigenvalue weighted by atomic mass is 10.2. The molecule has 2 rings (SSSR count). The second-order valence-corrected chi connectivity index (χ2v) is 4.32. The zero-order chi connectivity index (χ0) is 13.1. The third-order valence-corrected chi connectivity index (χ3v) is 3.06. The molecule has 0 aliphatic rings. The maximum absolute atomic E-state index is 11.8. The quantitative estimate of drug-likeness (QED) is 0.762. The number of hydrogen-bond acceptors (Lipinski definition) is 4. The molecule has 0 saturated carbocycles. The number of amides is 2. The van der Waals surface area contributed by atoms with Gasteiger partial charge in [-0.15, -0.1) is 11.3 Å². The van der Waals surface area contributed by atoms with E-state index < -0.39 is 17.2 Å². The Morgan fingerprint density at radius 1 is 1.28 bits per heavy atom. The van der Waals surface area contributed by atoms with Crippen LogP contribution in [0.5, 0.6) is 0 Å². The first-order valence-electron chi connectivity index (χ1n) is 4.95. The highest BCUT2D eigenvalue weighted by Gasteiger charge is 2.15. The second-order valence-electron chi connectivity index (χ2n) is 3.40. The maximum Gasteiger partial charge on any atom is 0.261 e. The molecule has 0 atom stereocenters. The Balaban J connectivity index is 2.28. The average Bonchev–Trinajstić information content (AvgIpc) is 2.77. The molecule has 0 radical (unpaired) electrons. The monoisotopic (exact) mass is 263 g/mol. The smallest absolute Gasteiger partial charge is 0.261 e. The zero-order valence-corrected chi connectivity index (χ0v) is 9.91. The van der Waals surface area contributed by atoms with Crippen LogP contribution in [0.1, 0.15) is 20.7 Å². The summed E-state index contributed by atoms with van der Waals surface area (Å²) < 4.78 is 0. The van der Waals surface area contributed by atoms with Crippen LogP contribution in [-0.2, 0) is 0 Å². The third kappa shape index (κ3) is 2.30. The molecule has 0 bridgehead atoms. The molecule has 0 unspecified atom stereocenters. The molecule has 0 aliphatic heterocycles. The Bertz CT molecular complexity index is 659. The van der Waals surface area contributed by atoms with Crippen LogP contribution in [0.25, 0.3) is 0 Å². The highest BCUT2D eigenvalue weighted by molar-refractivity contribution is 7.14. The van der Waals surface area contributed by atoms with E-state index in [2.05, 4.69) is 10.3 Å². The maximum atomic E-state index is 11.8. The Morgan fingerprint density at radius 2 is 2.06 bits per heavy atom. The highest BCUT2D eigenvalue weighted by Crippen LogP contribution is 2.22. The molecular weight excluding hydrogens is 254 g/mol. The van der Waals surface area contributed by atoms with Gasteiger partial charge in [0.15, 0.2) is 5.43 Å². The number of nitrogens with two attached hydrogens (primary N) is 1. The number of primary amides is 1. The van der Waals surface area contributed by atoms with Crippen molar-refractivity contribution < 1.29 is 9.59 Å². The van der Waals surface area contributed by atoms with Crippen LogP contribution in [-0.4, -0.2) is 16.8 Å². The van der Waals surface area contributed by atoms with Crippen molar-refractivity contribution in [1.82, 2.24) is 4.98 Å². The lowest BCUT2D eigenvalue weighted by Gasteiger charge is -2.03. The van der Waals surface area contributed by atoms with Crippen molar-refractivity contribution in [1.29, 1.82) is 0 Å². The number of thiophene rings is 1. The zero-order valence-electron chi connectivity index (χ0n) is 9.10. The van der Waals surface area contributed by atoms with Crippen molar-refractivity contribution >= 4 is 28.2 Å². The Hall–Kier alpha value is -2.41. The minimum atomic E-state index is -0.631. The average molecular weight is 263 g/mol. The van der Waals surface area contributed by atoms with E-state index in [1.165, 1.54) is 24.5 Å². The van der Waals surface area contributed by atoms with Gasteiger partial charge in [0.2, 0.25) is 0 Å². The molecular formula is C11H9N3O3S. The van der Waals surface area contributed by atoms with Gasteiger partial charge >= 0.3 is 0 Å². The largest absolute Gasteiger partial charge is 0.367 e. The molecule has 2 amide bonds. The van der Waals surface area contributed by atoms with Gasteiger partial charge in [0.05, 0.1) is 5.56 Å². The summed E-state index contributed by atoms with van der Waals surface area (Å²) in [6.45, 7) is 0. The predicted molar refractivity (Wildman–Crippen MR) is 67.9 cm³/mol. The van der Waals surface area contributed by atoms with Gasteiger partial charge in [0.1, 0.15) is 10.6 Å². The molecule has 7 heteroatoms. The van der Waals surface area contributed by atoms with Gasteiger partial charge in [0.25, 0.3) is 11.8 Å². The van der Waals surface area contributed by atoms with E-state index in [1.54, 1.807) is 5.38 Å². The lowest BCUT2D eigenvalue weighted by Crippen LogP contribution is -2.22. The summed E-state index contributed by atoms with van der Waals surface area (Å²) in [6, 6.07) is 2.76. The first kappa shape index (κ1) is 12.1. The molecule has 0 saturated heterocycles. The Kier molecular flexibility index (Phi) is 3.24. The van der Waals surface area contributed by atoms with Crippen molar-refractivity contribution in [2.24, 2.45) is 5.73 Å². The van der Waals surface area contributed by atoms with E-state index in [9.17, 15) is 14.4 Å². The molecule has 0 fully saturated rings. The normalized spacial score (nSPS) is 10.0. The van der Waals surface area contributed by atoms with E-state index in [0.717, 1.165) is 11.3 Å². The van der Waals surface area contributed by atoms with E-state index in [4.69, 9.17) is 5.73 Å². The van der Waals surface area contributed by atoms with Gasteiger partial charge in [0, 0.05) is 18.5 Å². The van der Waals surface area contributed by atoms with Crippen LogP contribution in [0.2, 0.25) is 0 Å². The summed E-state index contributed by atoms with van der Waals surface area (Å²) >= 11 is 1.16. The van der Waals surface area contributed by atoms with Crippen LogP contribution >= 0.6 is 11.3 Å². The molecule has 2 aromatic rings. The fraction of sp³-hybridized carbons (Fsp3) is 0. The predicted octanol–water partition coefficient (Wildman–Crippen LogP) is 0.788. The lowest BCUT2D eigenvalue weighted by molar-refractivity contribution is 0.100. The van der Waals surface area contributed by atoms with E-state index >= 15 is 0 Å². The van der Waals surface area contributed by atoms with Crippen LogP contribution < -0.4 is 16.5 Å². The van der Waals surface area contributed by atoms with Crippen LogP contribution in [0, 0.1) is 0 Å².